The highest BCUT2D eigenvalue weighted by atomic mass is 35.5. The molecule has 1 fully saturated rings. The number of fused-ring (bicyclic) bond motifs is 1. The lowest BCUT2D eigenvalue weighted by molar-refractivity contribution is -0.326. The SMILES string of the molecule is COc1ccc(Cl)cc1C1(F)C(=O)N(CCC2O[C@H](OCc3ccccc3)[C@@H](OCc3ccccc3)[C@H](OCc3ccccc3)[C@H]2OCc2ccccc2)c2cc(C(F)(F)F)ccc21. The summed E-state index contributed by atoms with van der Waals surface area (Å²) in [7, 11) is 1.31. The Morgan fingerprint density at radius 2 is 1.12 bits per heavy atom. The number of amides is 1. The third kappa shape index (κ3) is 10.0. The van der Waals surface area contributed by atoms with Crippen molar-refractivity contribution in [3.63, 3.8) is 0 Å². The van der Waals surface area contributed by atoms with E-state index in [0.717, 1.165) is 45.4 Å². The predicted molar refractivity (Wildman–Crippen MR) is 233 cm³/mol. The number of carbonyl (C=O) groups is 1. The quantitative estimate of drug-likeness (QED) is 0.0844. The van der Waals surface area contributed by atoms with Gasteiger partial charge in [0.1, 0.15) is 24.1 Å². The zero-order valence-electron chi connectivity index (χ0n) is 34.8. The van der Waals surface area contributed by atoms with Gasteiger partial charge < -0.3 is 33.3 Å². The number of ether oxygens (including phenoxy) is 6. The minimum absolute atomic E-state index is 0.00343. The lowest BCUT2D eigenvalue weighted by Gasteiger charge is -2.46. The second-order valence-corrected chi connectivity index (χ2v) is 16.0. The molecule has 6 atom stereocenters. The van der Waals surface area contributed by atoms with Gasteiger partial charge >= 0.3 is 6.18 Å². The third-order valence-electron chi connectivity index (χ3n) is 11.4. The van der Waals surface area contributed by atoms with E-state index >= 15 is 4.39 Å². The largest absolute Gasteiger partial charge is 0.496 e. The van der Waals surface area contributed by atoms with Gasteiger partial charge in [-0.25, -0.2) is 4.39 Å². The van der Waals surface area contributed by atoms with Crippen LogP contribution in [0.5, 0.6) is 5.75 Å². The van der Waals surface area contributed by atoms with Crippen LogP contribution in [0.2, 0.25) is 5.02 Å². The van der Waals surface area contributed by atoms with Crippen LogP contribution in [0.25, 0.3) is 0 Å². The summed E-state index contributed by atoms with van der Waals surface area (Å²) in [6.07, 6.45) is -9.47. The molecule has 2 aliphatic heterocycles. The molecule has 0 N–H and O–H groups in total. The van der Waals surface area contributed by atoms with Gasteiger partial charge in [0.15, 0.2) is 6.29 Å². The van der Waals surface area contributed by atoms with E-state index in [9.17, 15) is 18.0 Å². The molecule has 0 spiro atoms. The lowest BCUT2D eigenvalue weighted by Crippen LogP contribution is -2.61. The van der Waals surface area contributed by atoms with Gasteiger partial charge in [-0.3, -0.25) is 4.79 Å². The Morgan fingerprint density at radius 3 is 1.64 bits per heavy atom. The highest BCUT2D eigenvalue weighted by Crippen LogP contribution is 2.52. The van der Waals surface area contributed by atoms with Crippen LogP contribution in [0.1, 0.15) is 45.4 Å². The Labute approximate surface area is 374 Å². The van der Waals surface area contributed by atoms with E-state index in [1.54, 1.807) is 0 Å². The molecule has 2 heterocycles. The number of benzene rings is 6. The molecule has 8 rings (SSSR count). The number of hydrogen-bond acceptors (Lipinski definition) is 7. The molecule has 64 heavy (non-hydrogen) atoms. The zero-order chi connectivity index (χ0) is 44.7. The van der Waals surface area contributed by atoms with Crippen molar-refractivity contribution in [1.29, 1.82) is 0 Å². The first-order chi connectivity index (χ1) is 31.0. The topological polar surface area (TPSA) is 75.7 Å². The molecule has 6 aromatic carbocycles. The van der Waals surface area contributed by atoms with Crippen molar-refractivity contribution >= 4 is 23.2 Å². The van der Waals surface area contributed by atoms with Crippen LogP contribution in [0.3, 0.4) is 0 Å². The van der Waals surface area contributed by atoms with E-state index in [1.165, 1.54) is 25.3 Å². The average Bonchev–Trinajstić information content (AvgIpc) is 3.53. The fraction of sp³-hybridized carbons (Fsp3) is 0.275. The normalized spacial score (nSPS) is 22.1. The lowest BCUT2D eigenvalue weighted by atomic mass is 9.88. The van der Waals surface area contributed by atoms with Gasteiger partial charge in [-0.15, -0.1) is 0 Å². The Kier molecular flexibility index (Phi) is 14.1. The number of hydrogen-bond donors (Lipinski definition) is 0. The molecule has 8 nitrogen and oxygen atoms in total. The molecule has 2 unspecified atom stereocenters. The first-order valence-electron chi connectivity index (χ1n) is 20.9. The van der Waals surface area contributed by atoms with Crippen LogP contribution < -0.4 is 9.64 Å². The van der Waals surface area contributed by atoms with Crippen LogP contribution in [0, 0.1) is 0 Å². The van der Waals surface area contributed by atoms with Gasteiger partial charge in [0.25, 0.3) is 5.91 Å². The van der Waals surface area contributed by atoms with E-state index in [0.29, 0.717) is 0 Å². The second kappa shape index (κ2) is 20.1. The number of halogens is 5. The molecule has 0 saturated carbocycles. The van der Waals surface area contributed by atoms with E-state index in [1.807, 2.05) is 121 Å². The van der Waals surface area contributed by atoms with Crippen molar-refractivity contribution in [2.75, 3.05) is 18.6 Å². The molecule has 2 aliphatic rings. The Hall–Kier alpha value is -5.60. The number of methoxy groups -OCH3 is 1. The molecule has 13 heteroatoms. The number of alkyl halides is 4. The molecule has 332 valence electrons. The van der Waals surface area contributed by atoms with Crippen molar-refractivity contribution in [2.24, 2.45) is 0 Å². The minimum atomic E-state index is -4.79. The van der Waals surface area contributed by atoms with E-state index < -0.39 is 54.0 Å². The molecule has 0 aliphatic carbocycles. The summed E-state index contributed by atoms with van der Waals surface area (Å²) in [5, 5.41) is 0.105. The summed E-state index contributed by atoms with van der Waals surface area (Å²) >= 11 is 6.33. The monoisotopic (exact) mass is 895 g/mol. The van der Waals surface area contributed by atoms with Crippen LogP contribution in [0.4, 0.5) is 23.2 Å². The van der Waals surface area contributed by atoms with Crippen LogP contribution >= 0.6 is 11.6 Å². The summed E-state index contributed by atoms with van der Waals surface area (Å²) in [4.78, 5) is 15.7. The van der Waals surface area contributed by atoms with E-state index in [-0.39, 0.29) is 67.0 Å². The van der Waals surface area contributed by atoms with Gasteiger partial charge in [0.2, 0.25) is 5.67 Å². The third-order valence-corrected chi connectivity index (χ3v) is 11.6. The van der Waals surface area contributed by atoms with Gasteiger partial charge in [0.05, 0.1) is 50.9 Å². The number of anilines is 1. The molecular formula is C51H46ClF4NO7. The molecule has 0 radical (unpaired) electrons. The first-order valence-corrected chi connectivity index (χ1v) is 21.2. The number of rotatable bonds is 17. The van der Waals surface area contributed by atoms with Gasteiger partial charge in [-0.05, 0) is 59.0 Å². The maximum absolute atomic E-state index is 17.9. The van der Waals surface area contributed by atoms with Crippen molar-refractivity contribution in [3.8, 4) is 5.75 Å². The molecule has 6 aromatic rings. The minimum Gasteiger partial charge on any atom is -0.496 e. The van der Waals surface area contributed by atoms with Crippen molar-refractivity contribution < 1.29 is 50.8 Å². The summed E-state index contributed by atoms with van der Waals surface area (Å²) in [6.45, 7) is 0.302. The highest BCUT2D eigenvalue weighted by molar-refractivity contribution is 6.30. The van der Waals surface area contributed by atoms with Gasteiger partial charge in [0, 0.05) is 22.7 Å². The first kappa shape index (κ1) is 45.0. The highest BCUT2D eigenvalue weighted by Gasteiger charge is 2.56. The molecule has 1 amide bonds. The Balaban J connectivity index is 1.18. The maximum Gasteiger partial charge on any atom is 0.416 e. The predicted octanol–water partition coefficient (Wildman–Crippen LogP) is 11.0. The van der Waals surface area contributed by atoms with E-state index in [2.05, 4.69) is 0 Å². The summed E-state index contributed by atoms with van der Waals surface area (Å²) in [6, 6.07) is 44.9. The Bertz CT molecular complexity index is 2470. The van der Waals surface area contributed by atoms with Crippen molar-refractivity contribution in [1.82, 2.24) is 0 Å². The fourth-order valence-corrected chi connectivity index (χ4v) is 8.36. The van der Waals surface area contributed by atoms with Gasteiger partial charge in [-0.2, -0.15) is 13.2 Å². The van der Waals surface area contributed by atoms with Crippen LogP contribution in [-0.4, -0.2) is 50.3 Å². The fourth-order valence-electron chi connectivity index (χ4n) is 8.19. The molecule has 1 saturated heterocycles. The summed E-state index contributed by atoms with van der Waals surface area (Å²) in [5.74, 6) is -1.12. The zero-order valence-corrected chi connectivity index (χ0v) is 35.6. The van der Waals surface area contributed by atoms with Crippen LogP contribution in [-0.2, 0) is 66.8 Å². The smallest absolute Gasteiger partial charge is 0.416 e. The summed E-state index contributed by atoms with van der Waals surface area (Å²) < 4.78 is 99.9. The van der Waals surface area contributed by atoms with Crippen LogP contribution in [0.15, 0.2) is 158 Å². The maximum atomic E-state index is 17.9. The average molecular weight is 896 g/mol. The standard InChI is InChI=1S/C51H46ClF4NO7/c1-59-43-25-23-39(52)29-41(43)50(53)40-24-22-38(51(54,55)56)28-42(40)57(49(50)58)27-26-44-45(60-30-34-14-6-2-7-15-34)46(61-31-35-16-8-3-9-17-35)47(62-32-36-18-10-4-11-19-36)48(64-44)63-33-37-20-12-5-13-21-37/h2-25,28-29,44-48H,26-27,30-33H2,1H3/t44?,45-,46+,47-,48-,50?/m0/s1. The number of nitrogens with zero attached hydrogens (tertiary/aromatic N) is 1. The van der Waals surface area contributed by atoms with Crippen molar-refractivity contribution in [2.45, 2.75) is 75.4 Å². The number of carbonyl (C=O) groups excluding carboxylic acids is 1. The van der Waals surface area contributed by atoms with E-state index in [4.69, 9.17) is 40.0 Å². The molecule has 0 aromatic heterocycles. The Morgan fingerprint density at radius 1 is 0.625 bits per heavy atom. The molecular weight excluding hydrogens is 850 g/mol. The molecule has 0 bridgehead atoms. The van der Waals surface area contributed by atoms with Gasteiger partial charge in [-0.1, -0.05) is 139 Å². The second-order valence-electron chi connectivity index (χ2n) is 15.6. The summed E-state index contributed by atoms with van der Waals surface area (Å²) in [5.41, 5.74) is -1.28. The van der Waals surface area contributed by atoms with Crippen molar-refractivity contribution in [3.05, 3.63) is 202 Å².